The van der Waals surface area contributed by atoms with Gasteiger partial charge in [-0.05, 0) is 6.42 Å². The summed E-state index contributed by atoms with van der Waals surface area (Å²) in [6.07, 6.45) is 1.55. The van der Waals surface area contributed by atoms with Gasteiger partial charge in [0.2, 0.25) is 0 Å². The monoisotopic (exact) mass is 203 g/mol. The van der Waals surface area contributed by atoms with Crippen molar-refractivity contribution in [3.05, 3.63) is 0 Å². The molecule has 0 aliphatic carbocycles. The van der Waals surface area contributed by atoms with E-state index >= 15 is 0 Å². The Kier molecular flexibility index (Phi) is 6.26. The van der Waals surface area contributed by atoms with E-state index in [4.69, 9.17) is 5.11 Å². The molecule has 0 unspecified atom stereocenters. The number of carboxylic acid groups (broad SMARTS) is 1. The standard InChI is InChI=1S/C8H17N3O3/c1-3-4-5-6-11(8(13)14)10-7(12)9-2/h3-6H2,1-2H3,(H,13,14)(H2,9,10,12). The summed E-state index contributed by atoms with van der Waals surface area (Å²) < 4.78 is 0. The number of hydrazine groups is 1. The molecule has 0 saturated carbocycles. The Morgan fingerprint density at radius 1 is 1.36 bits per heavy atom. The maximum atomic E-state index is 10.8. The van der Waals surface area contributed by atoms with Crippen LogP contribution in [0.15, 0.2) is 0 Å². The number of rotatable bonds is 4. The first-order chi connectivity index (χ1) is 6.61. The zero-order valence-corrected chi connectivity index (χ0v) is 8.54. The topological polar surface area (TPSA) is 81.7 Å². The van der Waals surface area contributed by atoms with Crippen LogP contribution in [0.5, 0.6) is 0 Å². The van der Waals surface area contributed by atoms with E-state index in [0.29, 0.717) is 6.54 Å². The summed E-state index contributed by atoms with van der Waals surface area (Å²) in [6.45, 7) is 2.34. The number of urea groups is 1. The Morgan fingerprint density at radius 3 is 2.43 bits per heavy atom. The van der Waals surface area contributed by atoms with Crippen LogP contribution < -0.4 is 10.7 Å². The molecule has 3 N–H and O–H groups in total. The van der Waals surface area contributed by atoms with Crippen molar-refractivity contribution in [2.45, 2.75) is 26.2 Å². The normalized spacial score (nSPS) is 9.29. The van der Waals surface area contributed by atoms with Crippen LogP contribution in [-0.4, -0.2) is 35.8 Å². The smallest absolute Gasteiger partial charge is 0.426 e. The lowest BCUT2D eigenvalue weighted by molar-refractivity contribution is 0.122. The Balaban J connectivity index is 3.90. The van der Waals surface area contributed by atoms with Crippen molar-refractivity contribution in [2.75, 3.05) is 13.6 Å². The first-order valence-corrected chi connectivity index (χ1v) is 4.60. The van der Waals surface area contributed by atoms with Gasteiger partial charge >= 0.3 is 12.1 Å². The molecule has 0 bridgehead atoms. The number of amides is 3. The molecule has 0 fully saturated rings. The summed E-state index contributed by atoms with van der Waals surface area (Å²) >= 11 is 0. The second kappa shape index (κ2) is 6.99. The lowest BCUT2D eigenvalue weighted by atomic mass is 10.2. The van der Waals surface area contributed by atoms with E-state index in [0.717, 1.165) is 24.3 Å². The molecule has 0 heterocycles. The number of carbonyl (C=O) groups is 2. The van der Waals surface area contributed by atoms with E-state index in [-0.39, 0.29) is 0 Å². The summed E-state index contributed by atoms with van der Waals surface area (Å²) in [5.41, 5.74) is 2.21. The summed E-state index contributed by atoms with van der Waals surface area (Å²) in [7, 11) is 1.43. The maximum absolute atomic E-state index is 10.8. The first-order valence-electron chi connectivity index (χ1n) is 4.60. The van der Waals surface area contributed by atoms with Gasteiger partial charge in [-0.15, -0.1) is 0 Å². The van der Waals surface area contributed by atoms with E-state index in [2.05, 4.69) is 10.7 Å². The van der Waals surface area contributed by atoms with E-state index in [1.165, 1.54) is 7.05 Å². The zero-order valence-electron chi connectivity index (χ0n) is 8.54. The minimum absolute atomic E-state index is 0.316. The third-order valence-electron chi connectivity index (χ3n) is 1.68. The van der Waals surface area contributed by atoms with Gasteiger partial charge in [0, 0.05) is 13.6 Å². The first kappa shape index (κ1) is 12.5. The molecule has 0 aliphatic heterocycles. The molecule has 6 heteroatoms. The average molecular weight is 203 g/mol. The molecule has 0 spiro atoms. The van der Waals surface area contributed by atoms with Crippen molar-refractivity contribution in [1.29, 1.82) is 0 Å². The van der Waals surface area contributed by atoms with Crippen molar-refractivity contribution < 1.29 is 14.7 Å². The van der Waals surface area contributed by atoms with Gasteiger partial charge in [-0.25, -0.2) is 20.0 Å². The zero-order chi connectivity index (χ0) is 11.0. The van der Waals surface area contributed by atoms with E-state index in [9.17, 15) is 9.59 Å². The van der Waals surface area contributed by atoms with Crippen molar-refractivity contribution in [2.24, 2.45) is 0 Å². The quantitative estimate of drug-likeness (QED) is 0.471. The van der Waals surface area contributed by atoms with Crippen LogP contribution in [0.25, 0.3) is 0 Å². The van der Waals surface area contributed by atoms with Crippen molar-refractivity contribution in [3.8, 4) is 0 Å². The van der Waals surface area contributed by atoms with Crippen LogP contribution in [0.3, 0.4) is 0 Å². The highest BCUT2D eigenvalue weighted by Crippen LogP contribution is 1.96. The van der Waals surface area contributed by atoms with Gasteiger partial charge in [0.25, 0.3) is 0 Å². The molecule has 0 aromatic rings. The van der Waals surface area contributed by atoms with Crippen LogP contribution in [0, 0.1) is 0 Å². The third kappa shape index (κ3) is 5.23. The molecule has 0 atom stereocenters. The SMILES string of the molecule is CCCCCN(NC(=O)NC)C(=O)O. The number of carbonyl (C=O) groups excluding carboxylic acids is 1. The molecule has 6 nitrogen and oxygen atoms in total. The molecule has 14 heavy (non-hydrogen) atoms. The highest BCUT2D eigenvalue weighted by molar-refractivity contribution is 5.76. The third-order valence-corrected chi connectivity index (χ3v) is 1.68. The fourth-order valence-corrected chi connectivity index (χ4v) is 0.898. The van der Waals surface area contributed by atoms with E-state index < -0.39 is 12.1 Å². The van der Waals surface area contributed by atoms with E-state index in [1.54, 1.807) is 0 Å². The molecule has 0 radical (unpaired) electrons. The summed E-state index contributed by atoms with van der Waals surface area (Å²) in [4.78, 5) is 21.5. The average Bonchev–Trinajstić information content (AvgIpc) is 2.16. The molecule has 0 aromatic heterocycles. The van der Waals surface area contributed by atoms with Crippen molar-refractivity contribution in [3.63, 3.8) is 0 Å². The minimum atomic E-state index is -1.15. The van der Waals surface area contributed by atoms with Crippen molar-refractivity contribution in [1.82, 2.24) is 15.8 Å². The van der Waals surface area contributed by atoms with Gasteiger partial charge in [0.15, 0.2) is 0 Å². The van der Waals surface area contributed by atoms with Gasteiger partial charge in [0.1, 0.15) is 0 Å². The molecular formula is C8H17N3O3. The van der Waals surface area contributed by atoms with Gasteiger partial charge in [-0.1, -0.05) is 19.8 Å². The van der Waals surface area contributed by atoms with Crippen LogP contribution in [0.2, 0.25) is 0 Å². The fraction of sp³-hybridized carbons (Fsp3) is 0.750. The molecule has 82 valence electrons. The van der Waals surface area contributed by atoms with Gasteiger partial charge in [-0.3, -0.25) is 0 Å². The Hall–Kier alpha value is -1.46. The number of unbranched alkanes of at least 4 members (excludes halogenated alkanes) is 2. The summed E-state index contributed by atoms with van der Waals surface area (Å²) in [5, 5.41) is 11.9. The van der Waals surface area contributed by atoms with E-state index in [1.807, 2.05) is 6.92 Å². The Labute approximate surface area is 83.2 Å². The highest BCUT2D eigenvalue weighted by atomic mass is 16.4. The summed E-state index contributed by atoms with van der Waals surface area (Å²) in [6, 6.07) is -0.524. The predicted molar refractivity (Wildman–Crippen MR) is 51.8 cm³/mol. The van der Waals surface area contributed by atoms with Crippen LogP contribution in [-0.2, 0) is 0 Å². The van der Waals surface area contributed by atoms with Gasteiger partial charge < -0.3 is 10.4 Å². The second-order valence-electron chi connectivity index (χ2n) is 2.83. The fourth-order valence-electron chi connectivity index (χ4n) is 0.898. The number of hydrogen-bond donors (Lipinski definition) is 3. The maximum Gasteiger partial charge on any atom is 0.426 e. The van der Waals surface area contributed by atoms with Crippen LogP contribution >= 0.6 is 0 Å². The largest absolute Gasteiger partial charge is 0.464 e. The second-order valence-corrected chi connectivity index (χ2v) is 2.83. The highest BCUT2D eigenvalue weighted by Gasteiger charge is 2.12. The van der Waals surface area contributed by atoms with Gasteiger partial charge in [0.05, 0.1) is 0 Å². The predicted octanol–water partition coefficient (Wildman–Crippen LogP) is 1.00. The molecule has 0 aliphatic rings. The summed E-state index contributed by atoms with van der Waals surface area (Å²) in [5.74, 6) is 0. The Bertz CT molecular complexity index is 196. The lowest BCUT2D eigenvalue weighted by Crippen LogP contribution is -2.49. The number of nitrogens with zero attached hydrogens (tertiary/aromatic N) is 1. The number of hydrogen-bond acceptors (Lipinski definition) is 2. The van der Waals surface area contributed by atoms with Gasteiger partial charge in [-0.2, -0.15) is 0 Å². The number of nitrogens with one attached hydrogen (secondary N) is 2. The molecule has 0 aromatic carbocycles. The molecule has 0 saturated heterocycles. The van der Waals surface area contributed by atoms with Crippen LogP contribution in [0.4, 0.5) is 9.59 Å². The van der Waals surface area contributed by atoms with Crippen molar-refractivity contribution >= 4 is 12.1 Å². The molecular weight excluding hydrogens is 186 g/mol. The lowest BCUT2D eigenvalue weighted by Gasteiger charge is -2.19. The minimum Gasteiger partial charge on any atom is -0.464 e. The Morgan fingerprint density at radius 2 is 2.00 bits per heavy atom. The molecule has 0 rings (SSSR count). The molecule has 3 amide bonds. The van der Waals surface area contributed by atoms with Crippen LogP contribution in [0.1, 0.15) is 26.2 Å².